The van der Waals surface area contributed by atoms with Gasteiger partial charge in [0.15, 0.2) is 0 Å². The van der Waals surface area contributed by atoms with Crippen LogP contribution >= 0.6 is 23.2 Å². The van der Waals surface area contributed by atoms with Crippen molar-refractivity contribution in [3.63, 3.8) is 0 Å². The lowest BCUT2D eigenvalue weighted by Crippen LogP contribution is -2.50. The van der Waals surface area contributed by atoms with Gasteiger partial charge in [0.2, 0.25) is 5.91 Å². The molecule has 1 aromatic rings. The van der Waals surface area contributed by atoms with Crippen molar-refractivity contribution in [3.8, 4) is 5.75 Å². The third-order valence-electron chi connectivity index (χ3n) is 4.03. The summed E-state index contributed by atoms with van der Waals surface area (Å²) < 4.78 is 0. The predicted molar refractivity (Wildman–Crippen MR) is 94.5 cm³/mol. The maximum absolute atomic E-state index is 12.1. The van der Waals surface area contributed by atoms with Crippen molar-refractivity contribution in [2.75, 3.05) is 25.0 Å². The number of amides is 1. The number of rotatable bonds is 5. The van der Waals surface area contributed by atoms with E-state index in [4.69, 9.17) is 23.2 Å². The van der Waals surface area contributed by atoms with Gasteiger partial charge in [-0.05, 0) is 39.3 Å². The van der Waals surface area contributed by atoms with Crippen LogP contribution in [0, 0.1) is 0 Å². The summed E-state index contributed by atoms with van der Waals surface area (Å²) in [6, 6.07) is 3.52. The van der Waals surface area contributed by atoms with Gasteiger partial charge in [0, 0.05) is 24.7 Å². The van der Waals surface area contributed by atoms with E-state index >= 15 is 0 Å². The second kappa shape index (κ2) is 8.08. The Kier molecular flexibility index (Phi) is 6.39. The molecule has 1 amide bonds. The molecular formula is C16H23Cl2N3O2. The first-order valence-corrected chi connectivity index (χ1v) is 8.57. The summed E-state index contributed by atoms with van der Waals surface area (Å²) in [5.41, 5.74) is 0.391. The van der Waals surface area contributed by atoms with Crippen LogP contribution < -0.4 is 10.6 Å². The van der Waals surface area contributed by atoms with Gasteiger partial charge in [0.1, 0.15) is 5.75 Å². The molecule has 0 radical (unpaired) electrons. The predicted octanol–water partition coefficient (Wildman–Crippen LogP) is 3.10. The number of likely N-dealkylation sites (tertiary alicyclic amines) is 1. The lowest BCUT2D eigenvalue weighted by Gasteiger charge is -2.35. The first-order chi connectivity index (χ1) is 10.9. The van der Waals surface area contributed by atoms with Crippen LogP contribution in [-0.4, -0.2) is 47.6 Å². The maximum atomic E-state index is 12.1. The van der Waals surface area contributed by atoms with Crippen molar-refractivity contribution in [1.29, 1.82) is 0 Å². The topological polar surface area (TPSA) is 64.6 Å². The van der Waals surface area contributed by atoms with Crippen LogP contribution in [0.4, 0.5) is 5.69 Å². The Labute approximate surface area is 146 Å². The molecule has 23 heavy (non-hydrogen) atoms. The molecule has 7 heteroatoms. The monoisotopic (exact) mass is 359 g/mol. The van der Waals surface area contributed by atoms with Gasteiger partial charge in [-0.1, -0.05) is 23.2 Å². The van der Waals surface area contributed by atoms with E-state index in [0.29, 0.717) is 16.8 Å². The Balaban J connectivity index is 1.84. The molecule has 1 atom stereocenters. The minimum Gasteiger partial charge on any atom is -0.506 e. The van der Waals surface area contributed by atoms with Crippen LogP contribution in [0.25, 0.3) is 0 Å². The van der Waals surface area contributed by atoms with Crippen molar-refractivity contribution < 1.29 is 9.90 Å². The average Bonchev–Trinajstić information content (AvgIpc) is 2.50. The van der Waals surface area contributed by atoms with Crippen molar-refractivity contribution in [2.24, 2.45) is 0 Å². The number of hydrogen-bond acceptors (Lipinski definition) is 4. The summed E-state index contributed by atoms with van der Waals surface area (Å²) in [5, 5.41) is 16.3. The molecule has 2 rings (SSSR count). The van der Waals surface area contributed by atoms with Gasteiger partial charge >= 0.3 is 0 Å². The number of piperidine rings is 1. The number of benzene rings is 1. The van der Waals surface area contributed by atoms with E-state index in [0.717, 1.165) is 25.9 Å². The van der Waals surface area contributed by atoms with Crippen LogP contribution in [0.15, 0.2) is 12.1 Å². The Bertz CT molecular complexity index is 567. The summed E-state index contributed by atoms with van der Waals surface area (Å²) in [6.45, 7) is 6.36. The van der Waals surface area contributed by atoms with Crippen LogP contribution in [0.5, 0.6) is 5.75 Å². The molecule has 1 aromatic carbocycles. The smallest absolute Gasteiger partial charge is 0.239 e. The standard InChI is InChI=1S/C16H23Cl2N3O2/c1-10(2)21-5-3-4-11(9-21)20-16(23)8-19-14-6-12(17)13(18)7-15(14)22/h6-7,10-11,19,22H,3-5,8-9H2,1-2H3,(H,20,23)/t11-/m0/s1. The number of nitrogens with one attached hydrogen (secondary N) is 2. The van der Waals surface area contributed by atoms with Gasteiger partial charge in [-0.3, -0.25) is 9.69 Å². The third-order valence-corrected chi connectivity index (χ3v) is 4.75. The van der Waals surface area contributed by atoms with Gasteiger partial charge < -0.3 is 15.7 Å². The second-order valence-corrected chi connectivity index (χ2v) is 6.95. The zero-order valence-corrected chi connectivity index (χ0v) is 14.9. The fourth-order valence-corrected chi connectivity index (χ4v) is 3.05. The van der Waals surface area contributed by atoms with Crippen LogP contribution in [0.3, 0.4) is 0 Å². The molecule has 1 saturated heterocycles. The summed E-state index contributed by atoms with van der Waals surface area (Å²) in [5.74, 6) is -0.137. The lowest BCUT2D eigenvalue weighted by atomic mass is 10.0. The van der Waals surface area contributed by atoms with Gasteiger partial charge in [-0.15, -0.1) is 0 Å². The zero-order chi connectivity index (χ0) is 17.0. The van der Waals surface area contributed by atoms with E-state index in [1.807, 2.05) is 0 Å². The van der Waals surface area contributed by atoms with E-state index in [1.54, 1.807) is 0 Å². The van der Waals surface area contributed by atoms with E-state index in [-0.39, 0.29) is 29.3 Å². The van der Waals surface area contributed by atoms with Gasteiger partial charge in [0.05, 0.1) is 22.3 Å². The van der Waals surface area contributed by atoms with E-state index in [9.17, 15) is 9.90 Å². The fraction of sp³-hybridized carbons (Fsp3) is 0.562. The Hall–Kier alpha value is -1.17. The van der Waals surface area contributed by atoms with Crippen LogP contribution in [0.2, 0.25) is 10.0 Å². The molecule has 1 aliphatic rings. The van der Waals surface area contributed by atoms with Gasteiger partial charge in [0.25, 0.3) is 0 Å². The highest BCUT2D eigenvalue weighted by molar-refractivity contribution is 6.42. The number of hydrogen-bond donors (Lipinski definition) is 3. The summed E-state index contributed by atoms with van der Waals surface area (Å²) in [7, 11) is 0. The molecule has 128 valence electrons. The summed E-state index contributed by atoms with van der Waals surface area (Å²) in [4.78, 5) is 14.5. The highest BCUT2D eigenvalue weighted by atomic mass is 35.5. The molecule has 1 heterocycles. The van der Waals surface area contributed by atoms with Crippen molar-refractivity contribution in [3.05, 3.63) is 22.2 Å². The largest absolute Gasteiger partial charge is 0.506 e. The number of anilines is 1. The first kappa shape index (κ1) is 18.2. The highest BCUT2D eigenvalue weighted by Crippen LogP contribution is 2.33. The molecule has 1 fully saturated rings. The van der Waals surface area contributed by atoms with E-state index in [1.165, 1.54) is 12.1 Å². The Morgan fingerprint density at radius 3 is 2.78 bits per heavy atom. The minimum atomic E-state index is -0.105. The molecular weight excluding hydrogens is 337 g/mol. The molecule has 0 aromatic heterocycles. The quantitative estimate of drug-likeness (QED) is 0.706. The summed E-state index contributed by atoms with van der Waals surface area (Å²) in [6.07, 6.45) is 2.08. The molecule has 0 spiro atoms. The van der Waals surface area contributed by atoms with Crippen LogP contribution in [0.1, 0.15) is 26.7 Å². The molecule has 1 aliphatic heterocycles. The van der Waals surface area contributed by atoms with E-state index < -0.39 is 0 Å². The van der Waals surface area contributed by atoms with E-state index in [2.05, 4.69) is 29.4 Å². The minimum absolute atomic E-state index is 0.0316. The lowest BCUT2D eigenvalue weighted by molar-refractivity contribution is -0.120. The second-order valence-electron chi connectivity index (χ2n) is 6.13. The van der Waals surface area contributed by atoms with Crippen molar-refractivity contribution in [2.45, 2.75) is 38.8 Å². The maximum Gasteiger partial charge on any atom is 0.239 e. The summed E-state index contributed by atoms with van der Waals surface area (Å²) >= 11 is 11.7. The molecule has 0 aliphatic carbocycles. The molecule has 0 bridgehead atoms. The van der Waals surface area contributed by atoms with Gasteiger partial charge in [-0.2, -0.15) is 0 Å². The zero-order valence-electron chi connectivity index (χ0n) is 13.4. The third kappa shape index (κ3) is 5.16. The Morgan fingerprint density at radius 2 is 2.09 bits per heavy atom. The van der Waals surface area contributed by atoms with Crippen LogP contribution in [-0.2, 0) is 4.79 Å². The van der Waals surface area contributed by atoms with Crippen molar-refractivity contribution >= 4 is 34.8 Å². The average molecular weight is 360 g/mol. The molecule has 0 saturated carbocycles. The molecule has 0 unspecified atom stereocenters. The number of halogens is 2. The number of aromatic hydroxyl groups is 1. The number of phenolic OH excluding ortho intramolecular Hbond substituents is 1. The first-order valence-electron chi connectivity index (χ1n) is 7.82. The van der Waals surface area contributed by atoms with Crippen molar-refractivity contribution in [1.82, 2.24) is 10.2 Å². The molecule has 3 N–H and O–H groups in total. The SMILES string of the molecule is CC(C)N1CCC[C@H](NC(=O)CNc2cc(Cl)c(Cl)cc2O)C1. The Morgan fingerprint density at radius 1 is 1.39 bits per heavy atom. The number of carbonyl (C=O) groups excluding carboxylic acids is 1. The number of carbonyl (C=O) groups is 1. The number of nitrogens with zero attached hydrogens (tertiary/aromatic N) is 1. The highest BCUT2D eigenvalue weighted by Gasteiger charge is 2.22. The number of phenols is 1. The van der Waals surface area contributed by atoms with Gasteiger partial charge in [-0.25, -0.2) is 0 Å². The fourth-order valence-electron chi connectivity index (χ4n) is 2.73. The normalized spacial score (nSPS) is 18.9. The molecule has 5 nitrogen and oxygen atoms in total.